The van der Waals surface area contributed by atoms with E-state index in [-0.39, 0.29) is 6.61 Å². The Hall–Kier alpha value is -2.73. The minimum atomic E-state index is -0.503. The second-order valence-electron chi connectivity index (χ2n) is 4.78. The summed E-state index contributed by atoms with van der Waals surface area (Å²) < 4.78 is 4.95. The van der Waals surface area contributed by atoms with Crippen molar-refractivity contribution in [3.63, 3.8) is 0 Å². The number of anilines is 2. The molecule has 0 amide bonds. The van der Waals surface area contributed by atoms with Crippen LogP contribution < -0.4 is 16.8 Å². The Balaban J connectivity index is 1.83. The fraction of sp³-hybridized carbons (Fsp3) is 0.133. The van der Waals surface area contributed by atoms with Crippen molar-refractivity contribution in [3.8, 4) is 0 Å². The largest absolute Gasteiger partial charge is 0.417 e. The molecule has 0 bridgehead atoms. The number of aliphatic hydroxyl groups excluding tert-OH is 1. The van der Waals surface area contributed by atoms with E-state index in [2.05, 4.69) is 10.3 Å². The first-order chi connectivity index (χ1) is 10.2. The molecule has 3 aromatic rings. The SMILES string of the molecule is Nc1cc2oc(=O)[nH]c2cc1NCc1cccc(CO)c1. The van der Waals surface area contributed by atoms with E-state index in [1.54, 1.807) is 12.1 Å². The van der Waals surface area contributed by atoms with Crippen LogP contribution in [-0.2, 0) is 13.2 Å². The van der Waals surface area contributed by atoms with Gasteiger partial charge in [0.1, 0.15) is 0 Å². The molecule has 6 nitrogen and oxygen atoms in total. The molecule has 0 aliphatic heterocycles. The number of hydrogen-bond donors (Lipinski definition) is 4. The molecule has 21 heavy (non-hydrogen) atoms. The molecule has 0 radical (unpaired) electrons. The highest BCUT2D eigenvalue weighted by Crippen LogP contribution is 2.24. The molecule has 0 fully saturated rings. The Morgan fingerprint density at radius 3 is 2.86 bits per heavy atom. The van der Waals surface area contributed by atoms with E-state index in [0.717, 1.165) is 11.1 Å². The van der Waals surface area contributed by atoms with Crippen LogP contribution in [0.5, 0.6) is 0 Å². The molecule has 6 heteroatoms. The minimum absolute atomic E-state index is 0.0121. The Morgan fingerprint density at radius 2 is 2.05 bits per heavy atom. The third-order valence-electron chi connectivity index (χ3n) is 3.25. The van der Waals surface area contributed by atoms with Gasteiger partial charge in [0.15, 0.2) is 5.58 Å². The van der Waals surface area contributed by atoms with Crippen LogP contribution in [0, 0.1) is 0 Å². The van der Waals surface area contributed by atoms with E-state index >= 15 is 0 Å². The van der Waals surface area contributed by atoms with Gasteiger partial charge in [0.05, 0.1) is 23.5 Å². The van der Waals surface area contributed by atoms with Gasteiger partial charge < -0.3 is 20.6 Å². The minimum Gasteiger partial charge on any atom is -0.408 e. The van der Waals surface area contributed by atoms with Gasteiger partial charge >= 0.3 is 5.76 Å². The van der Waals surface area contributed by atoms with Crippen molar-refractivity contribution in [2.45, 2.75) is 13.2 Å². The number of nitrogens with one attached hydrogen (secondary N) is 2. The zero-order chi connectivity index (χ0) is 14.8. The van der Waals surface area contributed by atoms with Gasteiger partial charge in [-0.25, -0.2) is 4.79 Å². The van der Waals surface area contributed by atoms with Crippen LogP contribution in [-0.4, -0.2) is 10.1 Å². The number of fused-ring (bicyclic) bond motifs is 1. The van der Waals surface area contributed by atoms with Crippen LogP contribution in [0.3, 0.4) is 0 Å². The van der Waals surface area contributed by atoms with E-state index < -0.39 is 5.76 Å². The number of nitrogen functional groups attached to an aromatic ring is 1. The smallest absolute Gasteiger partial charge is 0.408 e. The van der Waals surface area contributed by atoms with Gasteiger partial charge in [-0.3, -0.25) is 4.98 Å². The summed E-state index contributed by atoms with van der Waals surface area (Å²) in [7, 11) is 0. The maximum absolute atomic E-state index is 11.2. The van der Waals surface area contributed by atoms with Crippen LogP contribution in [0.1, 0.15) is 11.1 Å². The fourth-order valence-electron chi connectivity index (χ4n) is 2.20. The molecule has 0 unspecified atom stereocenters. The lowest BCUT2D eigenvalue weighted by Crippen LogP contribution is -2.03. The summed E-state index contributed by atoms with van der Waals surface area (Å²) in [6.07, 6.45) is 0. The zero-order valence-corrected chi connectivity index (χ0v) is 11.2. The van der Waals surface area contributed by atoms with Crippen molar-refractivity contribution in [2.75, 3.05) is 11.1 Å². The number of aromatic nitrogens is 1. The van der Waals surface area contributed by atoms with Gasteiger partial charge in [0.2, 0.25) is 0 Å². The lowest BCUT2D eigenvalue weighted by Gasteiger charge is -2.10. The average molecular weight is 285 g/mol. The number of aliphatic hydroxyl groups is 1. The molecule has 0 aliphatic carbocycles. The van der Waals surface area contributed by atoms with Crippen molar-refractivity contribution in [3.05, 3.63) is 58.1 Å². The third kappa shape index (κ3) is 2.75. The molecule has 0 aliphatic rings. The Morgan fingerprint density at radius 1 is 1.24 bits per heavy atom. The van der Waals surface area contributed by atoms with E-state index in [0.29, 0.717) is 29.0 Å². The number of hydrogen-bond acceptors (Lipinski definition) is 5. The quantitative estimate of drug-likeness (QED) is 0.547. The van der Waals surface area contributed by atoms with E-state index in [1.165, 1.54) is 0 Å². The van der Waals surface area contributed by atoms with Crippen molar-refractivity contribution in [1.82, 2.24) is 4.98 Å². The Labute approximate surface area is 120 Å². The third-order valence-corrected chi connectivity index (χ3v) is 3.25. The maximum atomic E-state index is 11.2. The van der Waals surface area contributed by atoms with Crippen LogP contribution >= 0.6 is 0 Å². The lowest BCUT2D eigenvalue weighted by molar-refractivity contribution is 0.281. The topological polar surface area (TPSA) is 104 Å². The normalized spacial score (nSPS) is 10.9. The predicted molar refractivity (Wildman–Crippen MR) is 80.9 cm³/mol. The highest BCUT2D eigenvalue weighted by Gasteiger charge is 2.06. The van der Waals surface area contributed by atoms with E-state index in [4.69, 9.17) is 15.3 Å². The summed E-state index contributed by atoms with van der Waals surface area (Å²) in [5.41, 5.74) is 10.1. The van der Waals surface area contributed by atoms with Gasteiger partial charge in [-0.2, -0.15) is 0 Å². The molecular weight excluding hydrogens is 270 g/mol. The first kappa shape index (κ1) is 13.3. The molecule has 0 saturated heterocycles. The molecule has 0 saturated carbocycles. The number of aromatic amines is 1. The van der Waals surface area contributed by atoms with Gasteiger partial charge in [-0.1, -0.05) is 24.3 Å². The van der Waals surface area contributed by atoms with Crippen molar-refractivity contribution in [1.29, 1.82) is 0 Å². The van der Waals surface area contributed by atoms with Crippen LogP contribution in [0.2, 0.25) is 0 Å². The van der Waals surface area contributed by atoms with E-state index in [1.807, 2.05) is 24.3 Å². The van der Waals surface area contributed by atoms with Crippen molar-refractivity contribution >= 4 is 22.5 Å². The maximum Gasteiger partial charge on any atom is 0.417 e. The van der Waals surface area contributed by atoms with E-state index in [9.17, 15) is 4.79 Å². The van der Waals surface area contributed by atoms with Crippen LogP contribution in [0.25, 0.3) is 11.1 Å². The number of rotatable bonds is 4. The summed E-state index contributed by atoms with van der Waals surface area (Å²) >= 11 is 0. The first-order valence-corrected chi connectivity index (χ1v) is 6.50. The number of H-pyrrole nitrogens is 1. The fourth-order valence-corrected chi connectivity index (χ4v) is 2.20. The molecule has 2 aromatic carbocycles. The highest BCUT2D eigenvalue weighted by atomic mass is 16.4. The van der Waals surface area contributed by atoms with Gasteiger partial charge in [0, 0.05) is 12.6 Å². The zero-order valence-electron chi connectivity index (χ0n) is 11.2. The molecule has 1 aromatic heterocycles. The van der Waals surface area contributed by atoms with Gasteiger partial charge in [-0.05, 0) is 17.2 Å². The monoisotopic (exact) mass is 285 g/mol. The summed E-state index contributed by atoms with van der Waals surface area (Å²) in [5.74, 6) is -0.503. The molecular formula is C15H15N3O3. The standard InChI is InChI=1S/C15H15N3O3/c16-11-5-14-13(18-15(20)21-14)6-12(11)17-7-9-2-1-3-10(4-9)8-19/h1-6,17,19H,7-8,16H2,(H,18,20). The van der Waals surface area contributed by atoms with Crippen molar-refractivity contribution < 1.29 is 9.52 Å². The molecule has 5 N–H and O–H groups in total. The average Bonchev–Trinajstić information content (AvgIpc) is 2.84. The second-order valence-corrected chi connectivity index (χ2v) is 4.78. The summed E-state index contributed by atoms with van der Waals surface area (Å²) in [5, 5.41) is 12.3. The predicted octanol–water partition coefficient (Wildman–Crippen LogP) is 1.81. The number of nitrogens with two attached hydrogens (primary N) is 1. The summed E-state index contributed by atoms with van der Waals surface area (Å²) in [4.78, 5) is 13.7. The van der Waals surface area contributed by atoms with Gasteiger partial charge in [0.25, 0.3) is 0 Å². The molecule has 0 spiro atoms. The summed E-state index contributed by atoms with van der Waals surface area (Å²) in [6.45, 7) is 0.573. The molecule has 108 valence electrons. The summed E-state index contributed by atoms with van der Waals surface area (Å²) in [6, 6.07) is 11.0. The number of benzene rings is 2. The molecule has 0 atom stereocenters. The lowest BCUT2D eigenvalue weighted by atomic mass is 10.1. The molecule has 3 rings (SSSR count). The van der Waals surface area contributed by atoms with Crippen molar-refractivity contribution in [2.24, 2.45) is 0 Å². The first-order valence-electron chi connectivity index (χ1n) is 6.50. The van der Waals surface area contributed by atoms with Crippen LogP contribution in [0.15, 0.2) is 45.6 Å². The Bertz CT molecular complexity index is 836. The highest BCUT2D eigenvalue weighted by molar-refractivity contribution is 5.85. The van der Waals surface area contributed by atoms with Crippen LogP contribution in [0.4, 0.5) is 11.4 Å². The Kier molecular flexibility index (Phi) is 3.37. The second kappa shape index (κ2) is 5.34. The van der Waals surface area contributed by atoms with Gasteiger partial charge in [-0.15, -0.1) is 0 Å². The molecule has 1 heterocycles. The number of oxazole rings is 1.